The Labute approximate surface area is 129 Å². The Morgan fingerprint density at radius 2 is 1.89 bits per heavy atom. The zero-order valence-electron chi connectivity index (χ0n) is 10.1. The first kappa shape index (κ1) is 14.6. The number of anilines is 1. The number of hydrogen-bond donors (Lipinski definition) is 1. The van der Waals surface area contributed by atoms with Crippen LogP contribution in [0.25, 0.3) is 0 Å². The van der Waals surface area contributed by atoms with Crippen LogP contribution >= 0.6 is 39.1 Å². The monoisotopic (exact) mass is 361 g/mol. The molecule has 0 aromatic heterocycles. The highest BCUT2D eigenvalue weighted by Crippen LogP contribution is 2.36. The van der Waals surface area contributed by atoms with Crippen LogP contribution in [0.15, 0.2) is 34.8 Å². The van der Waals surface area contributed by atoms with Crippen LogP contribution in [-0.4, -0.2) is 0 Å². The SMILES string of the molecule is Cc1ccc(F)cc1CNc1ccc(Br)c(Cl)c1Cl. The van der Waals surface area contributed by atoms with E-state index in [0.29, 0.717) is 16.6 Å². The van der Waals surface area contributed by atoms with Gasteiger partial charge in [0.05, 0.1) is 15.7 Å². The Kier molecular flexibility index (Phi) is 4.71. The Balaban J connectivity index is 2.19. The molecular weight excluding hydrogens is 352 g/mol. The van der Waals surface area contributed by atoms with Crippen molar-refractivity contribution in [1.29, 1.82) is 0 Å². The number of benzene rings is 2. The summed E-state index contributed by atoms with van der Waals surface area (Å²) in [5.41, 5.74) is 2.63. The van der Waals surface area contributed by atoms with E-state index in [9.17, 15) is 4.39 Å². The van der Waals surface area contributed by atoms with Crippen LogP contribution in [0, 0.1) is 12.7 Å². The fourth-order valence-corrected chi connectivity index (χ4v) is 2.52. The number of nitrogens with one attached hydrogen (secondary N) is 1. The van der Waals surface area contributed by atoms with Crippen molar-refractivity contribution in [2.75, 3.05) is 5.32 Å². The molecule has 0 aliphatic rings. The zero-order chi connectivity index (χ0) is 14.0. The molecule has 0 radical (unpaired) electrons. The van der Waals surface area contributed by atoms with Crippen molar-refractivity contribution in [2.45, 2.75) is 13.5 Å². The summed E-state index contributed by atoms with van der Waals surface area (Å²) in [7, 11) is 0. The standard InChI is InChI=1S/C14H11BrCl2FN/c1-8-2-3-10(18)6-9(8)7-19-12-5-4-11(15)13(16)14(12)17/h2-6,19H,7H2,1H3. The van der Waals surface area contributed by atoms with Crippen molar-refractivity contribution in [3.8, 4) is 0 Å². The molecule has 19 heavy (non-hydrogen) atoms. The van der Waals surface area contributed by atoms with Crippen LogP contribution < -0.4 is 5.32 Å². The maximum atomic E-state index is 13.2. The van der Waals surface area contributed by atoms with E-state index in [1.54, 1.807) is 6.07 Å². The van der Waals surface area contributed by atoms with E-state index < -0.39 is 0 Å². The normalized spacial score (nSPS) is 10.6. The van der Waals surface area contributed by atoms with Gasteiger partial charge in [-0.3, -0.25) is 0 Å². The molecule has 0 unspecified atom stereocenters. The Morgan fingerprint density at radius 1 is 1.16 bits per heavy atom. The lowest BCUT2D eigenvalue weighted by molar-refractivity contribution is 0.625. The molecule has 1 N–H and O–H groups in total. The first-order chi connectivity index (χ1) is 8.99. The van der Waals surface area contributed by atoms with Crippen molar-refractivity contribution < 1.29 is 4.39 Å². The van der Waals surface area contributed by atoms with E-state index in [1.807, 2.05) is 19.1 Å². The average Bonchev–Trinajstić information content (AvgIpc) is 2.39. The molecule has 0 spiro atoms. The maximum absolute atomic E-state index is 13.2. The van der Waals surface area contributed by atoms with Gasteiger partial charge < -0.3 is 5.32 Å². The van der Waals surface area contributed by atoms with Crippen LogP contribution in [-0.2, 0) is 6.54 Å². The summed E-state index contributed by atoms with van der Waals surface area (Å²) in [5.74, 6) is -0.248. The molecule has 100 valence electrons. The maximum Gasteiger partial charge on any atom is 0.123 e. The van der Waals surface area contributed by atoms with Gasteiger partial charge in [-0.25, -0.2) is 4.39 Å². The summed E-state index contributed by atoms with van der Waals surface area (Å²) < 4.78 is 13.9. The third-order valence-corrected chi connectivity index (χ3v) is 4.59. The summed E-state index contributed by atoms with van der Waals surface area (Å²) in [6.45, 7) is 2.42. The number of rotatable bonds is 3. The summed E-state index contributed by atoms with van der Waals surface area (Å²) in [6, 6.07) is 8.35. The summed E-state index contributed by atoms with van der Waals surface area (Å²) in [5, 5.41) is 4.07. The summed E-state index contributed by atoms with van der Waals surface area (Å²) in [4.78, 5) is 0. The Morgan fingerprint density at radius 3 is 2.63 bits per heavy atom. The number of halogens is 4. The van der Waals surface area contributed by atoms with Gasteiger partial charge in [-0.2, -0.15) is 0 Å². The quantitative estimate of drug-likeness (QED) is 0.678. The lowest BCUT2D eigenvalue weighted by Gasteiger charge is -2.12. The van der Waals surface area contributed by atoms with Crippen molar-refractivity contribution in [2.24, 2.45) is 0 Å². The predicted molar refractivity (Wildman–Crippen MR) is 82.6 cm³/mol. The molecule has 0 saturated carbocycles. The van der Waals surface area contributed by atoms with E-state index in [2.05, 4.69) is 21.2 Å². The molecule has 0 fully saturated rings. The third-order valence-electron chi connectivity index (χ3n) is 2.82. The van der Waals surface area contributed by atoms with Gasteiger partial charge in [-0.1, -0.05) is 29.3 Å². The van der Waals surface area contributed by atoms with E-state index in [1.165, 1.54) is 12.1 Å². The summed E-state index contributed by atoms with van der Waals surface area (Å²) in [6.07, 6.45) is 0. The summed E-state index contributed by atoms with van der Waals surface area (Å²) >= 11 is 15.5. The fourth-order valence-electron chi connectivity index (χ4n) is 1.68. The first-order valence-electron chi connectivity index (χ1n) is 5.61. The van der Waals surface area contributed by atoms with Gasteiger partial charge in [-0.15, -0.1) is 0 Å². The van der Waals surface area contributed by atoms with Crippen LogP contribution in [0.3, 0.4) is 0 Å². The third kappa shape index (κ3) is 3.41. The highest BCUT2D eigenvalue weighted by atomic mass is 79.9. The minimum Gasteiger partial charge on any atom is -0.380 e. The lowest BCUT2D eigenvalue weighted by Crippen LogP contribution is -2.02. The molecular formula is C14H11BrCl2FN. The van der Waals surface area contributed by atoms with E-state index >= 15 is 0 Å². The van der Waals surface area contributed by atoms with Crippen LogP contribution in [0.2, 0.25) is 10.0 Å². The zero-order valence-corrected chi connectivity index (χ0v) is 13.2. The molecule has 0 bridgehead atoms. The Hall–Kier alpha value is -0.770. The van der Waals surface area contributed by atoms with Crippen LogP contribution in [0.5, 0.6) is 0 Å². The molecule has 2 rings (SSSR count). The van der Waals surface area contributed by atoms with Crippen molar-refractivity contribution in [1.82, 2.24) is 0 Å². The molecule has 0 saturated heterocycles. The molecule has 0 atom stereocenters. The second kappa shape index (κ2) is 6.12. The topological polar surface area (TPSA) is 12.0 Å². The molecule has 2 aromatic rings. The lowest BCUT2D eigenvalue weighted by atomic mass is 10.1. The van der Waals surface area contributed by atoms with Gasteiger partial charge >= 0.3 is 0 Å². The van der Waals surface area contributed by atoms with Gasteiger partial charge in [0.1, 0.15) is 5.82 Å². The average molecular weight is 363 g/mol. The minimum atomic E-state index is -0.248. The fraction of sp³-hybridized carbons (Fsp3) is 0.143. The Bertz CT molecular complexity index is 617. The van der Waals surface area contributed by atoms with Crippen molar-refractivity contribution in [3.05, 3.63) is 61.8 Å². The smallest absolute Gasteiger partial charge is 0.123 e. The molecule has 0 amide bonds. The highest BCUT2D eigenvalue weighted by Gasteiger charge is 2.08. The van der Waals surface area contributed by atoms with E-state index in [4.69, 9.17) is 23.2 Å². The van der Waals surface area contributed by atoms with Gasteiger partial charge in [0.15, 0.2) is 0 Å². The minimum absolute atomic E-state index is 0.248. The van der Waals surface area contributed by atoms with Gasteiger partial charge in [0.2, 0.25) is 0 Å². The molecule has 5 heteroatoms. The van der Waals surface area contributed by atoms with E-state index in [0.717, 1.165) is 21.3 Å². The highest BCUT2D eigenvalue weighted by molar-refractivity contribution is 9.10. The number of hydrogen-bond acceptors (Lipinski definition) is 1. The first-order valence-corrected chi connectivity index (χ1v) is 7.16. The second-order valence-electron chi connectivity index (χ2n) is 4.15. The van der Waals surface area contributed by atoms with Gasteiger partial charge in [-0.05, 0) is 58.2 Å². The molecule has 0 aliphatic heterocycles. The second-order valence-corrected chi connectivity index (χ2v) is 5.76. The number of aryl methyl sites for hydroxylation is 1. The largest absolute Gasteiger partial charge is 0.380 e. The van der Waals surface area contributed by atoms with Gasteiger partial charge in [0.25, 0.3) is 0 Å². The predicted octanol–water partition coefficient (Wildman–Crippen LogP) is 5.82. The van der Waals surface area contributed by atoms with Crippen molar-refractivity contribution >= 4 is 44.8 Å². The van der Waals surface area contributed by atoms with Crippen molar-refractivity contribution in [3.63, 3.8) is 0 Å². The van der Waals surface area contributed by atoms with E-state index in [-0.39, 0.29) is 5.82 Å². The van der Waals surface area contributed by atoms with Gasteiger partial charge in [0, 0.05) is 11.0 Å². The van der Waals surface area contributed by atoms with Crippen LogP contribution in [0.4, 0.5) is 10.1 Å². The molecule has 2 aromatic carbocycles. The molecule has 0 heterocycles. The van der Waals surface area contributed by atoms with Crippen LogP contribution in [0.1, 0.15) is 11.1 Å². The molecule has 1 nitrogen and oxygen atoms in total. The molecule has 0 aliphatic carbocycles.